The third-order valence-electron chi connectivity index (χ3n) is 3.56. The molecule has 1 fully saturated rings. The third kappa shape index (κ3) is 3.90. The van der Waals surface area contributed by atoms with Crippen molar-refractivity contribution in [3.05, 3.63) is 23.8 Å². The first kappa shape index (κ1) is 14.3. The van der Waals surface area contributed by atoms with Crippen LogP contribution in [0.3, 0.4) is 0 Å². The number of nitrogen functional groups attached to an aromatic ring is 1. The van der Waals surface area contributed by atoms with Gasteiger partial charge in [-0.25, -0.2) is 0 Å². The zero-order valence-corrected chi connectivity index (χ0v) is 12.5. The molecule has 19 heavy (non-hydrogen) atoms. The van der Waals surface area contributed by atoms with Gasteiger partial charge in [-0.1, -0.05) is 6.92 Å². The zero-order valence-electron chi connectivity index (χ0n) is 11.7. The highest BCUT2D eigenvalue weighted by atomic mass is 32.2. The summed E-state index contributed by atoms with van der Waals surface area (Å²) in [5.41, 5.74) is 7.65. The molecule has 1 atom stereocenters. The van der Waals surface area contributed by atoms with E-state index in [1.165, 1.54) is 6.42 Å². The number of hydrogen-bond acceptors (Lipinski definition) is 3. The lowest BCUT2D eigenvalue weighted by molar-refractivity contribution is -0.130. The fraction of sp³-hybridized carbons (Fsp3) is 0.533. The minimum Gasteiger partial charge on any atom is -0.399 e. The second-order valence-corrected chi connectivity index (χ2v) is 6.42. The van der Waals surface area contributed by atoms with Crippen LogP contribution in [-0.2, 0) is 4.79 Å². The molecule has 0 saturated carbocycles. The number of piperidine rings is 1. The molecule has 0 radical (unpaired) electrons. The van der Waals surface area contributed by atoms with Gasteiger partial charge in [-0.2, -0.15) is 0 Å². The Labute approximate surface area is 119 Å². The maximum atomic E-state index is 12.2. The molecule has 1 amide bonds. The van der Waals surface area contributed by atoms with Gasteiger partial charge in [-0.05, 0) is 49.4 Å². The number of nitrogens with two attached hydrogens (primary N) is 1. The predicted molar refractivity (Wildman–Crippen MR) is 81.3 cm³/mol. The average molecular weight is 278 g/mol. The van der Waals surface area contributed by atoms with Crippen LogP contribution in [0.2, 0.25) is 0 Å². The van der Waals surface area contributed by atoms with E-state index in [1.54, 1.807) is 11.8 Å². The fourth-order valence-electron chi connectivity index (χ4n) is 2.48. The van der Waals surface area contributed by atoms with Gasteiger partial charge in [0.25, 0.3) is 0 Å². The molecule has 1 unspecified atom stereocenters. The summed E-state index contributed by atoms with van der Waals surface area (Å²) in [5, 5.41) is 0. The highest BCUT2D eigenvalue weighted by Crippen LogP contribution is 2.25. The Bertz CT molecular complexity index is 461. The molecule has 0 aromatic heterocycles. The lowest BCUT2D eigenvalue weighted by Crippen LogP contribution is -2.40. The van der Waals surface area contributed by atoms with Crippen LogP contribution >= 0.6 is 11.8 Å². The predicted octanol–water partition coefficient (Wildman–Crippen LogP) is 2.93. The summed E-state index contributed by atoms with van der Waals surface area (Å²) in [6.07, 6.45) is 2.38. The van der Waals surface area contributed by atoms with E-state index in [0.29, 0.717) is 11.7 Å². The number of carbonyl (C=O) groups is 1. The highest BCUT2D eigenvalue weighted by molar-refractivity contribution is 8.00. The van der Waals surface area contributed by atoms with E-state index in [-0.39, 0.29) is 5.91 Å². The summed E-state index contributed by atoms with van der Waals surface area (Å²) < 4.78 is 0. The van der Waals surface area contributed by atoms with Gasteiger partial charge >= 0.3 is 0 Å². The summed E-state index contributed by atoms with van der Waals surface area (Å²) in [4.78, 5) is 15.3. The van der Waals surface area contributed by atoms with Crippen LogP contribution in [0.4, 0.5) is 5.69 Å². The molecule has 2 rings (SSSR count). The quantitative estimate of drug-likeness (QED) is 0.683. The van der Waals surface area contributed by atoms with Crippen molar-refractivity contribution in [1.29, 1.82) is 0 Å². The smallest absolute Gasteiger partial charge is 0.232 e. The summed E-state index contributed by atoms with van der Waals surface area (Å²) in [6, 6.07) is 5.85. The summed E-state index contributed by atoms with van der Waals surface area (Å²) >= 11 is 1.61. The second kappa shape index (κ2) is 6.33. The number of rotatable bonds is 3. The minimum absolute atomic E-state index is 0.257. The monoisotopic (exact) mass is 278 g/mol. The van der Waals surface area contributed by atoms with Crippen LogP contribution in [0.15, 0.2) is 23.1 Å². The van der Waals surface area contributed by atoms with Crippen molar-refractivity contribution in [2.24, 2.45) is 5.92 Å². The molecular formula is C15H22N2OS. The van der Waals surface area contributed by atoms with Gasteiger partial charge in [-0.15, -0.1) is 11.8 Å². The summed E-state index contributed by atoms with van der Waals surface area (Å²) in [7, 11) is 0. The number of aryl methyl sites for hydroxylation is 1. The maximum Gasteiger partial charge on any atom is 0.232 e. The normalized spacial score (nSPS) is 19.5. The van der Waals surface area contributed by atoms with Gasteiger partial charge in [0.1, 0.15) is 0 Å². The first-order chi connectivity index (χ1) is 9.06. The summed E-state index contributed by atoms with van der Waals surface area (Å²) in [6.45, 7) is 6.09. The average Bonchev–Trinajstić information content (AvgIpc) is 2.37. The Morgan fingerprint density at radius 3 is 3.00 bits per heavy atom. The number of benzene rings is 1. The Morgan fingerprint density at radius 1 is 1.53 bits per heavy atom. The molecule has 1 saturated heterocycles. The molecular weight excluding hydrogens is 256 g/mol. The van der Waals surface area contributed by atoms with Crippen LogP contribution in [0, 0.1) is 12.8 Å². The van der Waals surface area contributed by atoms with Crippen molar-refractivity contribution in [1.82, 2.24) is 4.90 Å². The van der Waals surface area contributed by atoms with Crippen molar-refractivity contribution >= 4 is 23.4 Å². The van der Waals surface area contributed by atoms with E-state index in [0.717, 1.165) is 35.7 Å². The van der Waals surface area contributed by atoms with Gasteiger partial charge in [-0.3, -0.25) is 4.79 Å². The van der Waals surface area contributed by atoms with Crippen LogP contribution in [-0.4, -0.2) is 29.6 Å². The number of anilines is 1. The molecule has 0 bridgehead atoms. The number of nitrogens with zero attached hydrogens (tertiary/aromatic N) is 1. The van der Waals surface area contributed by atoms with Crippen LogP contribution in [0.1, 0.15) is 25.3 Å². The van der Waals surface area contributed by atoms with Crippen molar-refractivity contribution < 1.29 is 4.79 Å². The Kier molecular flexibility index (Phi) is 4.75. The van der Waals surface area contributed by atoms with Crippen LogP contribution in [0.25, 0.3) is 0 Å². The molecule has 1 aromatic rings. The first-order valence-electron chi connectivity index (χ1n) is 6.83. The van der Waals surface area contributed by atoms with Crippen LogP contribution in [0.5, 0.6) is 0 Å². The zero-order chi connectivity index (χ0) is 13.8. The minimum atomic E-state index is 0.257. The Hall–Kier alpha value is -1.16. The standard InChI is InChI=1S/C15H22N2OS/c1-11-4-3-7-17(9-11)15(18)10-19-14-6-5-13(16)8-12(14)2/h5-6,8,11H,3-4,7,9-10,16H2,1-2H3. The second-order valence-electron chi connectivity index (χ2n) is 5.40. The van der Waals surface area contributed by atoms with Gasteiger partial charge in [0.2, 0.25) is 5.91 Å². The SMILES string of the molecule is Cc1cc(N)ccc1SCC(=O)N1CCCC(C)C1. The summed E-state index contributed by atoms with van der Waals surface area (Å²) in [5.74, 6) is 1.42. The molecule has 1 aliphatic rings. The van der Waals surface area contributed by atoms with E-state index in [9.17, 15) is 4.79 Å². The van der Waals surface area contributed by atoms with E-state index in [2.05, 4.69) is 6.92 Å². The fourth-order valence-corrected chi connectivity index (χ4v) is 3.39. The number of thioether (sulfide) groups is 1. The molecule has 1 heterocycles. The van der Waals surface area contributed by atoms with Crippen molar-refractivity contribution in [2.45, 2.75) is 31.6 Å². The third-order valence-corrected chi connectivity index (χ3v) is 4.72. The number of hydrogen-bond donors (Lipinski definition) is 1. The van der Waals surface area contributed by atoms with Gasteiger partial charge in [0, 0.05) is 23.7 Å². The number of amides is 1. The van der Waals surface area contributed by atoms with Crippen molar-refractivity contribution in [3.63, 3.8) is 0 Å². The molecule has 2 N–H and O–H groups in total. The molecule has 1 aliphatic heterocycles. The molecule has 104 valence electrons. The Morgan fingerprint density at radius 2 is 2.32 bits per heavy atom. The van der Waals surface area contributed by atoms with Crippen molar-refractivity contribution in [2.75, 3.05) is 24.6 Å². The van der Waals surface area contributed by atoms with Gasteiger partial charge in [0.05, 0.1) is 5.75 Å². The van der Waals surface area contributed by atoms with E-state index in [4.69, 9.17) is 5.73 Å². The molecule has 1 aromatic carbocycles. The van der Waals surface area contributed by atoms with Crippen LogP contribution < -0.4 is 5.73 Å². The van der Waals surface area contributed by atoms with Gasteiger partial charge < -0.3 is 10.6 Å². The largest absolute Gasteiger partial charge is 0.399 e. The van der Waals surface area contributed by atoms with E-state index in [1.807, 2.05) is 30.0 Å². The lowest BCUT2D eigenvalue weighted by Gasteiger charge is -2.30. The first-order valence-corrected chi connectivity index (χ1v) is 7.81. The lowest BCUT2D eigenvalue weighted by atomic mass is 10.0. The maximum absolute atomic E-state index is 12.2. The molecule has 0 spiro atoms. The molecule has 3 nitrogen and oxygen atoms in total. The van der Waals surface area contributed by atoms with E-state index < -0.39 is 0 Å². The molecule has 0 aliphatic carbocycles. The van der Waals surface area contributed by atoms with E-state index >= 15 is 0 Å². The number of carbonyl (C=O) groups excluding carboxylic acids is 1. The van der Waals surface area contributed by atoms with Gasteiger partial charge in [0.15, 0.2) is 0 Å². The van der Waals surface area contributed by atoms with Crippen molar-refractivity contribution in [3.8, 4) is 0 Å². The Balaban J connectivity index is 1.89. The number of likely N-dealkylation sites (tertiary alicyclic amines) is 1. The topological polar surface area (TPSA) is 46.3 Å². The highest BCUT2D eigenvalue weighted by Gasteiger charge is 2.20. The molecule has 4 heteroatoms.